The van der Waals surface area contributed by atoms with E-state index in [0.717, 1.165) is 12.0 Å². The van der Waals surface area contributed by atoms with E-state index in [1.165, 1.54) is 12.0 Å². The molecule has 0 aliphatic rings. The minimum atomic E-state index is -0.194. The van der Waals surface area contributed by atoms with Crippen LogP contribution in [-0.4, -0.2) is 37.9 Å². The number of hydrogen-bond acceptors (Lipinski definition) is 5. The third-order valence-electron chi connectivity index (χ3n) is 3.29. The van der Waals surface area contributed by atoms with Crippen LogP contribution in [0.15, 0.2) is 34.7 Å². The third-order valence-corrected chi connectivity index (χ3v) is 3.29. The molecule has 0 atom stereocenters. The second-order valence-electron chi connectivity index (χ2n) is 5.08. The molecule has 1 heterocycles. The molecule has 0 fully saturated rings. The molecule has 0 saturated heterocycles. The normalized spacial score (nSPS) is 10.2. The Morgan fingerprint density at radius 3 is 2.65 bits per heavy atom. The van der Waals surface area contributed by atoms with Crippen LogP contribution >= 0.6 is 0 Å². The van der Waals surface area contributed by atoms with Gasteiger partial charge in [-0.25, -0.2) is 0 Å². The Kier molecular flexibility index (Phi) is 5.41. The lowest BCUT2D eigenvalue weighted by molar-refractivity contribution is -0.132. The highest BCUT2D eigenvalue weighted by atomic mass is 16.5. The summed E-state index contributed by atoms with van der Waals surface area (Å²) in [7, 11) is 3.15. The van der Waals surface area contributed by atoms with Crippen molar-refractivity contribution >= 4 is 12.2 Å². The number of benzene rings is 1. The Hall–Kier alpha value is -2.76. The number of methoxy groups -OCH3 is 1. The molecule has 1 amide bonds. The van der Waals surface area contributed by atoms with Gasteiger partial charge in [-0.15, -0.1) is 0 Å². The number of aryl methyl sites for hydroxylation is 1. The Labute approximate surface area is 134 Å². The van der Waals surface area contributed by atoms with Crippen LogP contribution in [-0.2, 0) is 11.3 Å². The highest BCUT2D eigenvalue weighted by Crippen LogP contribution is 2.27. The average Bonchev–Trinajstić information content (AvgIpc) is 2.97. The van der Waals surface area contributed by atoms with Gasteiger partial charge in [0.2, 0.25) is 0 Å². The van der Waals surface area contributed by atoms with E-state index in [9.17, 15) is 9.59 Å². The first-order valence-electron chi connectivity index (χ1n) is 7.08. The summed E-state index contributed by atoms with van der Waals surface area (Å²) in [5.41, 5.74) is 0.478. The summed E-state index contributed by atoms with van der Waals surface area (Å²) in [4.78, 5) is 24.4. The van der Waals surface area contributed by atoms with E-state index in [1.54, 1.807) is 25.2 Å². The molecule has 0 N–H and O–H groups in total. The molecule has 1 aromatic heterocycles. The summed E-state index contributed by atoms with van der Waals surface area (Å²) in [6, 6.07) is 8.45. The molecule has 6 heteroatoms. The van der Waals surface area contributed by atoms with E-state index in [-0.39, 0.29) is 12.5 Å². The van der Waals surface area contributed by atoms with Gasteiger partial charge in [-0.1, -0.05) is 0 Å². The van der Waals surface area contributed by atoms with E-state index >= 15 is 0 Å². The summed E-state index contributed by atoms with van der Waals surface area (Å²) in [6.07, 6.45) is 0.719. The standard InChI is InChI=1S/C17H19NO5/c1-12-4-6-14(23-12)9-18(2)17(20)11-22-15-7-5-13(10-19)8-16(15)21-3/h4-8,10H,9,11H2,1-3H3. The van der Waals surface area contributed by atoms with Crippen molar-refractivity contribution in [1.82, 2.24) is 4.90 Å². The number of nitrogens with zero attached hydrogens (tertiary/aromatic N) is 1. The molecule has 0 bridgehead atoms. The zero-order valence-corrected chi connectivity index (χ0v) is 13.4. The van der Waals surface area contributed by atoms with Crippen molar-refractivity contribution < 1.29 is 23.5 Å². The number of rotatable bonds is 7. The molecule has 6 nitrogen and oxygen atoms in total. The number of carbonyl (C=O) groups is 2. The van der Waals surface area contributed by atoms with Gasteiger partial charge in [-0.3, -0.25) is 9.59 Å². The Morgan fingerprint density at radius 1 is 1.26 bits per heavy atom. The van der Waals surface area contributed by atoms with Crippen molar-refractivity contribution in [3.8, 4) is 11.5 Å². The molecule has 0 saturated carbocycles. The first kappa shape index (κ1) is 16.6. The summed E-state index contributed by atoms with van der Waals surface area (Å²) >= 11 is 0. The predicted molar refractivity (Wildman–Crippen MR) is 83.8 cm³/mol. The lowest BCUT2D eigenvalue weighted by atomic mass is 10.2. The van der Waals surface area contributed by atoms with Gasteiger partial charge in [-0.05, 0) is 37.3 Å². The molecule has 122 valence electrons. The molecule has 2 rings (SSSR count). The highest BCUT2D eigenvalue weighted by molar-refractivity contribution is 5.78. The molecule has 0 aliphatic carbocycles. The second kappa shape index (κ2) is 7.49. The SMILES string of the molecule is COc1cc(C=O)ccc1OCC(=O)N(C)Cc1ccc(C)o1. The molecular formula is C17H19NO5. The summed E-state index contributed by atoms with van der Waals surface area (Å²) in [5.74, 6) is 2.14. The first-order valence-corrected chi connectivity index (χ1v) is 7.08. The van der Waals surface area contributed by atoms with Gasteiger partial charge in [0.05, 0.1) is 13.7 Å². The minimum Gasteiger partial charge on any atom is -0.493 e. The summed E-state index contributed by atoms with van der Waals surface area (Å²) in [6.45, 7) is 2.09. The summed E-state index contributed by atoms with van der Waals surface area (Å²) in [5, 5.41) is 0. The smallest absolute Gasteiger partial charge is 0.260 e. The highest BCUT2D eigenvalue weighted by Gasteiger charge is 2.14. The number of ether oxygens (including phenoxy) is 2. The Morgan fingerprint density at radius 2 is 2.04 bits per heavy atom. The van der Waals surface area contributed by atoms with Crippen molar-refractivity contribution in [2.45, 2.75) is 13.5 Å². The largest absolute Gasteiger partial charge is 0.493 e. The molecule has 0 unspecified atom stereocenters. The van der Waals surface area contributed by atoms with Crippen LogP contribution in [0.5, 0.6) is 11.5 Å². The molecule has 1 aromatic carbocycles. The van der Waals surface area contributed by atoms with Gasteiger partial charge in [0, 0.05) is 12.6 Å². The lowest BCUT2D eigenvalue weighted by Crippen LogP contribution is -2.30. The number of hydrogen-bond donors (Lipinski definition) is 0. The second-order valence-corrected chi connectivity index (χ2v) is 5.08. The molecule has 2 aromatic rings. The fraction of sp³-hybridized carbons (Fsp3) is 0.294. The van der Waals surface area contributed by atoms with Crippen molar-refractivity contribution in [2.24, 2.45) is 0 Å². The quantitative estimate of drug-likeness (QED) is 0.734. The van der Waals surface area contributed by atoms with Crippen molar-refractivity contribution in [2.75, 3.05) is 20.8 Å². The number of carbonyl (C=O) groups excluding carboxylic acids is 2. The van der Waals surface area contributed by atoms with Crippen LogP contribution in [0, 0.1) is 6.92 Å². The number of amides is 1. The first-order chi connectivity index (χ1) is 11.0. The van der Waals surface area contributed by atoms with Crippen molar-refractivity contribution in [1.29, 1.82) is 0 Å². The minimum absolute atomic E-state index is 0.132. The van der Waals surface area contributed by atoms with Gasteiger partial charge in [0.15, 0.2) is 18.1 Å². The van der Waals surface area contributed by atoms with Crippen LogP contribution in [0.3, 0.4) is 0 Å². The van der Waals surface area contributed by atoms with E-state index in [4.69, 9.17) is 13.9 Å². The molecule has 0 radical (unpaired) electrons. The monoisotopic (exact) mass is 317 g/mol. The third kappa shape index (κ3) is 4.35. The average molecular weight is 317 g/mol. The van der Waals surface area contributed by atoms with Gasteiger partial charge >= 0.3 is 0 Å². The molecule has 0 aliphatic heterocycles. The lowest BCUT2D eigenvalue weighted by Gasteiger charge is -2.17. The van der Waals surface area contributed by atoms with E-state index < -0.39 is 0 Å². The van der Waals surface area contributed by atoms with Crippen molar-refractivity contribution in [3.05, 3.63) is 47.4 Å². The van der Waals surface area contributed by atoms with Gasteiger partial charge in [0.25, 0.3) is 5.91 Å². The fourth-order valence-corrected chi connectivity index (χ4v) is 2.02. The van der Waals surface area contributed by atoms with Crippen LogP contribution < -0.4 is 9.47 Å². The summed E-state index contributed by atoms with van der Waals surface area (Å²) < 4.78 is 16.1. The van der Waals surface area contributed by atoms with Crippen LogP contribution in [0.1, 0.15) is 21.9 Å². The fourth-order valence-electron chi connectivity index (χ4n) is 2.02. The Balaban J connectivity index is 1.94. The molecule has 23 heavy (non-hydrogen) atoms. The van der Waals surface area contributed by atoms with Gasteiger partial charge in [0.1, 0.15) is 17.8 Å². The zero-order valence-electron chi connectivity index (χ0n) is 13.4. The number of aldehydes is 1. The topological polar surface area (TPSA) is 69.0 Å². The van der Waals surface area contributed by atoms with E-state index in [1.807, 2.05) is 19.1 Å². The van der Waals surface area contributed by atoms with Crippen LogP contribution in [0.25, 0.3) is 0 Å². The number of likely N-dealkylation sites (N-methyl/N-ethyl adjacent to an activating group) is 1. The molecule has 0 spiro atoms. The van der Waals surface area contributed by atoms with E-state index in [0.29, 0.717) is 29.4 Å². The maximum atomic E-state index is 12.1. The molecular weight excluding hydrogens is 298 g/mol. The van der Waals surface area contributed by atoms with Gasteiger partial charge in [-0.2, -0.15) is 0 Å². The zero-order chi connectivity index (χ0) is 16.8. The predicted octanol–water partition coefficient (Wildman–Crippen LogP) is 2.45. The van der Waals surface area contributed by atoms with Crippen LogP contribution in [0.4, 0.5) is 0 Å². The maximum Gasteiger partial charge on any atom is 0.260 e. The number of furan rings is 1. The Bertz CT molecular complexity index is 692. The van der Waals surface area contributed by atoms with E-state index in [2.05, 4.69) is 0 Å². The van der Waals surface area contributed by atoms with Gasteiger partial charge < -0.3 is 18.8 Å². The van der Waals surface area contributed by atoms with Crippen LogP contribution in [0.2, 0.25) is 0 Å². The maximum absolute atomic E-state index is 12.1. The van der Waals surface area contributed by atoms with Crippen molar-refractivity contribution in [3.63, 3.8) is 0 Å².